The maximum atomic E-state index is 9.01. The van der Waals surface area contributed by atoms with E-state index in [2.05, 4.69) is 5.32 Å². The minimum absolute atomic E-state index is 0.0621. The summed E-state index contributed by atoms with van der Waals surface area (Å²) in [6, 6.07) is 13.4. The van der Waals surface area contributed by atoms with Crippen LogP contribution in [0.3, 0.4) is 0 Å². The molecular weight excluding hydrogens is 254 g/mol. The van der Waals surface area contributed by atoms with E-state index in [9.17, 15) is 0 Å². The number of benzene rings is 2. The molecule has 2 N–H and O–H groups in total. The highest BCUT2D eigenvalue weighted by Crippen LogP contribution is 2.25. The van der Waals surface area contributed by atoms with Crippen LogP contribution in [0.25, 0.3) is 0 Å². The van der Waals surface area contributed by atoms with Gasteiger partial charge in [0.25, 0.3) is 0 Å². The zero-order valence-corrected chi connectivity index (χ0v) is 11.7. The Labute approximate surface area is 119 Å². The van der Waals surface area contributed by atoms with Crippen LogP contribution in [0.2, 0.25) is 0 Å². The highest BCUT2D eigenvalue weighted by Gasteiger charge is 2.04. The first-order valence-electron chi connectivity index (χ1n) is 6.41. The molecule has 0 spiro atoms. The summed E-state index contributed by atoms with van der Waals surface area (Å²) in [7, 11) is 3.28. The first-order valence-corrected chi connectivity index (χ1v) is 6.41. The van der Waals surface area contributed by atoms with E-state index in [-0.39, 0.29) is 6.61 Å². The number of methoxy groups -OCH3 is 2. The molecule has 0 unspecified atom stereocenters. The third kappa shape index (κ3) is 3.42. The van der Waals surface area contributed by atoms with E-state index < -0.39 is 0 Å². The summed E-state index contributed by atoms with van der Waals surface area (Å²) >= 11 is 0. The smallest absolute Gasteiger partial charge is 0.127 e. The SMILES string of the molecule is COc1ccc(CNc2ccc(CO)cc2)c(OC)c1. The fourth-order valence-corrected chi connectivity index (χ4v) is 1.92. The van der Waals surface area contributed by atoms with Gasteiger partial charge >= 0.3 is 0 Å². The van der Waals surface area contributed by atoms with Crippen molar-refractivity contribution in [2.24, 2.45) is 0 Å². The van der Waals surface area contributed by atoms with E-state index in [1.807, 2.05) is 42.5 Å². The Kier molecular flexibility index (Phi) is 4.85. The molecule has 4 heteroatoms. The van der Waals surface area contributed by atoms with Crippen molar-refractivity contribution in [3.05, 3.63) is 53.6 Å². The van der Waals surface area contributed by atoms with Gasteiger partial charge in [0, 0.05) is 23.9 Å². The molecule has 0 aliphatic heterocycles. The third-order valence-electron chi connectivity index (χ3n) is 3.11. The van der Waals surface area contributed by atoms with Crippen molar-refractivity contribution < 1.29 is 14.6 Å². The fraction of sp³-hybridized carbons (Fsp3) is 0.250. The molecule has 106 valence electrons. The highest BCUT2D eigenvalue weighted by atomic mass is 16.5. The van der Waals surface area contributed by atoms with Gasteiger partial charge < -0.3 is 19.9 Å². The Morgan fingerprint density at radius 3 is 2.35 bits per heavy atom. The molecule has 0 bridgehead atoms. The molecule has 2 rings (SSSR count). The number of hydrogen-bond acceptors (Lipinski definition) is 4. The molecule has 0 saturated carbocycles. The summed E-state index contributed by atoms with van der Waals surface area (Å²) < 4.78 is 10.5. The van der Waals surface area contributed by atoms with Crippen LogP contribution in [0, 0.1) is 0 Å². The predicted molar refractivity (Wildman–Crippen MR) is 79.2 cm³/mol. The van der Waals surface area contributed by atoms with Crippen molar-refractivity contribution in [2.75, 3.05) is 19.5 Å². The first kappa shape index (κ1) is 14.2. The van der Waals surface area contributed by atoms with Gasteiger partial charge in [-0.2, -0.15) is 0 Å². The number of aliphatic hydroxyl groups excluding tert-OH is 1. The minimum Gasteiger partial charge on any atom is -0.497 e. The Morgan fingerprint density at radius 2 is 1.75 bits per heavy atom. The van der Waals surface area contributed by atoms with Gasteiger partial charge in [0.1, 0.15) is 11.5 Å². The van der Waals surface area contributed by atoms with E-state index in [4.69, 9.17) is 14.6 Å². The molecule has 4 nitrogen and oxygen atoms in total. The molecule has 0 saturated heterocycles. The lowest BCUT2D eigenvalue weighted by molar-refractivity contribution is 0.282. The normalized spacial score (nSPS) is 10.2. The van der Waals surface area contributed by atoms with Crippen LogP contribution in [-0.2, 0) is 13.2 Å². The number of ether oxygens (including phenoxy) is 2. The summed E-state index contributed by atoms with van der Waals surface area (Å²) in [6.45, 7) is 0.720. The quantitative estimate of drug-likeness (QED) is 0.849. The maximum Gasteiger partial charge on any atom is 0.127 e. The molecule has 20 heavy (non-hydrogen) atoms. The van der Waals surface area contributed by atoms with Crippen molar-refractivity contribution in [1.29, 1.82) is 0 Å². The van der Waals surface area contributed by atoms with Gasteiger partial charge in [0.2, 0.25) is 0 Å². The zero-order chi connectivity index (χ0) is 14.4. The standard InChI is InChI=1S/C16H19NO3/c1-19-15-8-5-13(16(9-15)20-2)10-17-14-6-3-12(11-18)4-7-14/h3-9,17-18H,10-11H2,1-2H3. The summed E-state index contributed by atoms with van der Waals surface area (Å²) in [6.07, 6.45) is 0. The fourth-order valence-electron chi connectivity index (χ4n) is 1.92. The van der Waals surface area contributed by atoms with Gasteiger partial charge in [-0.15, -0.1) is 0 Å². The van der Waals surface area contributed by atoms with Crippen LogP contribution >= 0.6 is 0 Å². The predicted octanol–water partition coefficient (Wildman–Crippen LogP) is 2.81. The van der Waals surface area contributed by atoms with E-state index in [1.54, 1.807) is 14.2 Å². The second-order valence-electron chi connectivity index (χ2n) is 4.39. The third-order valence-corrected chi connectivity index (χ3v) is 3.11. The molecule has 0 aliphatic carbocycles. The molecular formula is C16H19NO3. The Bertz CT molecular complexity index is 552. The Hall–Kier alpha value is -2.20. The lowest BCUT2D eigenvalue weighted by Crippen LogP contribution is -2.02. The topological polar surface area (TPSA) is 50.7 Å². The molecule has 2 aromatic carbocycles. The minimum atomic E-state index is 0.0621. The molecule has 0 aliphatic rings. The largest absolute Gasteiger partial charge is 0.497 e. The summed E-state index contributed by atoms with van der Waals surface area (Å²) in [4.78, 5) is 0. The zero-order valence-electron chi connectivity index (χ0n) is 11.7. The van der Waals surface area contributed by atoms with Crippen LogP contribution in [0.1, 0.15) is 11.1 Å². The van der Waals surface area contributed by atoms with Gasteiger partial charge in [0.15, 0.2) is 0 Å². The molecule has 0 heterocycles. The second kappa shape index (κ2) is 6.82. The van der Waals surface area contributed by atoms with Crippen molar-refractivity contribution >= 4 is 5.69 Å². The van der Waals surface area contributed by atoms with Crippen molar-refractivity contribution in [1.82, 2.24) is 0 Å². The monoisotopic (exact) mass is 273 g/mol. The van der Waals surface area contributed by atoms with Crippen LogP contribution in [0.4, 0.5) is 5.69 Å². The molecule has 0 radical (unpaired) electrons. The second-order valence-corrected chi connectivity index (χ2v) is 4.39. The van der Waals surface area contributed by atoms with E-state index >= 15 is 0 Å². The highest BCUT2D eigenvalue weighted by molar-refractivity contribution is 5.47. The summed E-state index contributed by atoms with van der Waals surface area (Å²) in [5, 5.41) is 12.3. The van der Waals surface area contributed by atoms with E-state index in [0.717, 1.165) is 28.3 Å². The molecule has 0 atom stereocenters. The molecule has 0 aromatic heterocycles. The van der Waals surface area contributed by atoms with Gasteiger partial charge in [-0.25, -0.2) is 0 Å². The van der Waals surface area contributed by atoms with Crippen molar-refractivity contribution in [3.8, 4) is 11.5 Å². The summed E-state index contributed by atoms with van der Waals surface area (Å²) in [5.74, 6) is 1.57. The number of rotatable bonds is 6. The average Bonchev–Trinajstić information content (AvgIpc) is 2.53. The molecule has 2 aromatic rings. The van der Waals surface area contributed by atoms with Gasteiger partial charge in [0.05, 0.1) is 20.8 Å². The number of nitrogens with one attached hydrogen (secondary N) is 1. The lowest BCUT2D eigenvalue weighted by atomic mass is 10.1. The number of anilines is 1. The maximum absolute atomic E-state index is 9.01. The number of aliphatic hydroxyl groups is 1. The van der Waals surface area contributed by atoms with E-state index in [0.29, 0.717) is 6.54 Å². The van der Waals surface area contributed by atoms with Crippen LogP contribution < -0.4 is 14.8 Å². The van der Waals surface area contributed by atoms with Gasteiger partial charge in [-0.1, -0.05) is 12.1 Å². The Morgan fingerprint density at radius 1 is 1.00 bits per heavy atom. The first-order chi connectivity index (χ1) is 9.76. The van der Waals surface area contributed by atoms with E-state index in [1.165, 1.54) is 0 Å². The Balaban J connectivity index is 2.05. The lowest BCUT2D eigenvalue weighted by Gasteiger charge is -2.12. The van der Waals surface area contributed by atoms with Crippen LogP contribution in [0.15, 0.2) is 42.5 Å². The average molecular weight is 273 g/mol. The molecule has 0 fully saturated rings. The van der Waals surface area contributed by atoms with Crippen LogP contribution in [0.5, 0.6) is 11.5 Å². The number of hydrogen-bond donors (Lipinski definition) is 2. The van der Waals surface area contributed by atoms with Gasteiger partial charge in [-0.3, -0.25) is 0 Å². The van der Waals surface area contributed by atoms with Crippen LogP contribution in [-0.4, -0.2) is 19.3 Å². The molecule has 0 amide bonds. The van der Waals surface area contributed by atoms with Gasteiger partial charge in [-0.05, 0) is 29.8 Å². The van der Waals surface area contributed by atoms with Crippen molar-refractivity contribution in [2.45, 2.75) is 13.2 Å². The summed E-state index contributed by atoms with van der Waals surface area (Å²) in [5.41, 5.74) is 2.96. The van der Waals surface area contributed by atoms with Crippen molar-refractivity contribution in [3.63, 3.8) is 0 Å².